The second-order valence-electron chi connectivity index (χ2n) is 2.44. The Balaban J connectivity index is 0. The minimum absolute atomic E-state index is 0. The van der Waals surface area contributed by atoms with E-state index in [0.29, 0.717) is 0 Å². The van der Waals surface area contributed by atoms with Gasteiger partial charge < -0.3 is 15.9 Å². The number of phosphoric ester groups is 1. The fourth-order valence-electron chi connectivity index (χ4n) is 0.487. The Bertz CT molecular complexity index is 295. The molecule has 1 unspecified atom stereocenters. The molecule has 8 nitrogen and oxygen atoms in total. The molecule has 0 aromatic rings. The molecule has 0 spiro atoms. The highest BCUT2D eigenvalue weighted by molar-refractivity contribution is 7.86. The quantitative estimate of drug-likeness (QED) is 0.390. The summed E-state index contributed by atoms with van der Waals surface area (Å²) in [6.45, 7) is 0.781. The molecule has 0 aliphatic rings. The molecule has 0 amide bonds. The van der Waals surface area contributed by atoms with Gasteiger partial charge in [-0.15, -0.1) is 0 Å². The molecule has 0 aliphatic heterocycles. The molecule has 14 heavy (non-hydrogen) atoms. The maximum atomic E-state index is 10.4. The van der Waals surface area contributed by atoms with Crippen molar-refractivity contribution in [3.8, 4) is 0 Å². The van der Waals surface area contributed by atoms with E-state index in [1.165, 1.54) is 6.92 Å². The summed E-state index contributed by atoms with van der Waals surface area (Å²) in [4.78, 5) is 16.4. The normalized spacial score (nSPS) is 14.6. The van der Waals surface area contributed by atoms with Crippen LogP contribution in [0.1, 0.15) is 13.3 Å². The molecular formula is C4H14NO7PS. The van der Waals surface area contributed by atoms with Gasteiger partial charge in [-0.25, -0.2) is 4.57 Å². The predicted octanol–water partition coefficient (Wildman–Crippen LogP) is -0.0759. The maximum Gasteiger partial charge on any atom is 0.469 e. The van der Waals surface area contributed by atoms with E-state index in [9.17, 15) is 13.0 Å². The summed E-state index contributed by atoms with van der Waals surface area (Å²) >= 11 is 0. The van der Waals surface area contributed by atoms with Gasteiger partial charge in [-0.3, -0.25) is 9.08 Å². The first-order valence-corrected chi connectivity index (χ1v) is 6.32. The Morgan fingerprint density at radius 1 is 1.43 bits per heavy atom. The van der Waals surface area contributed by atoms with Gasteiger partial charge in [0.2, 0.25) is 0 Å². The molecule has 1 atom stereocenters. The third-order valence-electron chi connectivity index (χ3n) is 1.29. The third kappa shape index (κ3) is 8.57. The van der Waals surface area contributed by atoms with Crippen LogP contribution < -0.4 is 6.15 Å². The highest BCUT2D eigenvalue weighted by atomic mass is 32.2. The lowest BCUT2D eigenvalue weighted by Gasteiger charge is -2.08. The van der Waals surface area contributed by atoms with Gasteiger partial charge in [0.25, 0.3) is 10.1 Å². The Morgan fingerprint density at radius 2 is 1.86 bits per heavy atom. The van der Waals surface area contributed by atoms with Gasteiger partial charge in [-0.1, -0.05) is 0 Å². The van der Waals surface area contributed by atoms with Crippen LogP contribution in [-0.2, 0) is 19.2 Å². The topological polar surface area (TPSA) is 156 Å². The molecule has 6 N–H and O–H groups in total. The van der Waals surface area contributed by atoms with E-state index >= 15 is 0 Å². The van der Waals surface area contributed by atoms with Gasteiger partial charge in [0.15, 0.2) is 0 Å². The van der Waals surface area contributed by atoms with Crippen LogP contribution in [0, 0.1) is 0 Å². The number of hydrogen-bond donors (Lipinski definition) is 4. The van der Waals surface area contributed by atoms with Crippen molar-refractivity contribution in [1.29, 1.82) is 0 Å². The summed E-state index contributed by atoms with van der Waals surface area (Å²) < 4.78 is 43.3. The molecule has 0 aliphatic carbocycles. The molecular weight excluding hydrogens is 237 g/mol. The van der Waals surface area contributed by atoms with Crippen molar-refractivity contribution >= 4 is 17.9 Å². The van der Waals surface area contributed by atoms with E-state index in [2.05, 4.69) is 4.52 Å². The molecule has 0 aromatic carbocycles. The minimum Gasteiger partial charge on any atom is -0.344 e. The lowest BCUT2D eigenvalue weighted by Crippen LogP contribution is -2.18. The number of rotatable bonds is 5. The summed E-state index contributed by atoms with van der Waals surface area (Å²) in [5.74, 6) is 0. The number of hydrogen-bond acceptors (Lipinski definition) is 5. The first-order valence-electron chi connectivity index (χ1n) is 3.29. The van der Waals surface area contributed by atoms with Gasteiger partial charge in [-0.2, -0.15) is 8.42 Å². The first kappa shape index (κ1) is 16.4. The highest BCUT2D eigenvalue weighted by Crippen LogP contribution is 2.35. The fraction of sp³-hybridized carbons (Fsp3) is 1.00. The van der Waals surface area contributed by atoms with Gasteiger partial charge in [0, 0.05) is 0 Å². The standard InChI is InChI=1S/C4H11O7PS.H3N/c1-4(13(8,9)10)2-3-11-12(5,6)7;/h4H,2-3H2,1H3,(H2,5,6,7)(H,8,9,10);1H3. The van der Waals surface area contributed by atoms with Crippen LogP contribution in [0.25, 0.3) is 0 Å². The van der Waals surface area contributed by atoms with E-state index in [1.54, 1.807) is 0 Å². The van der Waals surface area contributed by atoms with Gasteiger partial charge in [0.1, 0.15) is 0 Å². The second kappa shape index (κ2) is 5.76. The molecule has 10 heteroatoms. The van der Waals surface area contributed by atoms with Gasteiger partial charge in [-0.05, 0) is 13.3 Å². The highest BCUT2D eigenvalue weighted by Gasteiger charge is 2.19. The Hall–Kier alpha value is -0.0200. The summed E-state index contributed by atoms with van der Waals surface area (Å²) in [7, 11) is -8.70. The monoisotopic (exact) mass is 251 g/mol. The third-order valence-corrected chi connectivity index (χ3v) is 3.06. The van der Waals surface area contributed by atoms with E-state index in [-0.39, 0.29) is 12.6 Å². The molecule has 0 radical (unpaired) electrons. The Labute approximate surface area is 81.9 Å². The maximum absolute atomic E-state index is 10.4. The molecule has 0 saturated heterocycles. The van der Waals surface area contributed by atoms with Crippen molar-refractivity contribution in [3.63, 3.8) is 0 Å². The summed E-state index contributed by atoms with van der Waals surface area (Å²) in [5.41, 5.74) is 0. The van der Waals surface area contributed by atoms with Gasteiger partial charge in [0.05, 0.1) is 11.9 Å². The van der Waals surface area contributed by atoms with Crippen molar-refractivity contribution in [1.82, 2.24) is 6.15 Å². The molecule has 0 rings (SSSR count). The predicted molar refractivity (Wildman–Crippen MR) is 48.6 cm³/mol. The SMILES string of the molecule is CC(CCOP(=O)(O)O)S(=O)(=O)O.N. The van der Waals surface area contributed by atoms with Crippen molar-refractivity contribution < 1.29 is 31.8 Å². The molecule has 0 heterocycles. The van der Waals surface area contributed by atoms with Crippen LogP contribution in [0.3, 0.4) is 0 Å². The molecule has 0 bridgehead atoms. The van der Waals surface area contributed by atoms with Crippen LogP contribution in [0.2, 0.25) is 0 Å². The first-order chi connectivity index (χ1) is 5.63. The van der Waals surface area contributed by atoms with E-state index in [4.69, 9.17) is 14.3 Å². The van der Waals surface area contributed by atoms with Crippen LogP contribution in [0.15, 0.2) is 0 Å². The van der Waals surface area contributed by atoms with Gasteiger partial charge >= 0.3 is 7.82 Å². The van der Waals surface area contributed by atoms with Crippen molar-refractivity contribution in [2.45, 2.75) is 18.6 Å². The summed E-state index contributed by atoms with van der Waals surface area (Å²) in [5, 5.41) is -1.10. The Kier molecular flexibility index (Phi) is 6.75. The second-order valence-corrected chi connectivity index (χ2v) is 5.51. The lowest BCUT2D eigenvalue weighted by molar-refractivity contribution is 0.194. The Morgan fingerprint density at radius 3 is 2.14 bits per heavy atom. The van der Waals surface area contributed by atoms with Crippen molar-refractivity contribution in [3.05, 3.63) is 0 Å². The molecule has 0 fully saturated rings. The molecule has 0 aromatic heterocycles. The molecule has 0 saturated carbocycles. The zero-order chi connectivity index (χ0) is 10.7. The smallest absolute Gasteiger partial charge is 0.344 e. The number of phosphoric acid groups is 1. The largest absolute Gasteiger partial charge is 0.469 e. The summed E-state index contributed by atoms with van der Waals surface area (Å²) in [6.07, 6.45) is -0.177. The lowest BCUT2D eigenvalue weighted by atomic mass is 10.4. The van der Waals surface area contributed by atoms with Crippen LogP contribution in [0.4, 0.5) is 0 Å². The van der Waals surface area contributed by atoms with Crippen molar-refractivity contribution in [2.24, 2.45) is 0 Å². The van der Waals surface area contributed by atoms with Crippen LogP contribution in [0.5, 0.6) is 0 Å². The summed E-state index contributed by atoms with van der Waals surface area (Å²) in [6, 6.07) is 0. The average Bonchev–Trinajstić information content (AvgIpc) is 1.82. The zero-order valence-electron chi connectivity index (χ0n) is 7.53. The fourth-order valence-corrected chi connectivity index (χ4v) is 1.22. The van der Waals surface area contributed by atoms with E-state index < -0.39 is 29.8 Å². The van der Waals surface area contributed by atoms with Crippen LogP contribution >= 0.6 is 7.82 Å². The molecule has 88 valence electrons. The van der Waals surface area contributed by atoms with Crippen LogP contribution in [-0.4, -0.2) is 34.6 Å². The average molecular weight is 251 g/mol. The zero-order valence-corrected chi connectivity index (χ0v) is 9.24. The van der Waals surface area contributed by atoms with E-state index in [1.807, 2.05) is 0 Å². The van der Waals surface area contributed by atoms with Crippen molar-refractivity contribution in [2.75, 3.05) is 6.61 Å². The minimum atomic E-state index is -4.55. The van der Waals surface area contributed by atoms with E-state index in [0.717, 1.165) is 0 Å².